The molecule has 1 aromatic carbocycles. The Morgan fingerprint density at radius 1 is 1.26 bits per heavy atom. The number of anilines is 1. The highest BCUT2D eigenvalue weighted by Gasteiger charge is 2.11. The summed E-state index contributed by atoms with van der Waals surface area (Å²) in [4.78, 5) is 16.4. The van der Waals surface area contributed by atoms with E-state index < -0.39 is 0 Å². The average molecular weight is 387 g/mol. The summed E-state index contributed by atoms with van der Waals surface area (Å²) in [5.41, 5.74) is 2.35. The number of halogens is 2. The van der Waals surface area contributed by atoms with Crippen LogP contribution in [0.25, 0.3) is 0 Å². The molecule has 0 spiro atoms. The van der Waals surface area contributed by atoms with Crippen LogP contribution in [0, 0.1) is 17.4 Å². The van der Waals surface area contributed by atoms with E-state index in [1.807, 2.05) is 26.0 Å². The Kier molecular flexibility index (Phi) is 4.42. The summed E-state index contributed by atoms with van der Waals surface area (Å²) in [6, 6.07) is 9.02. The Hall–Kier alpha value is -1.14. The molecule has 5 heteroatoms. The summed E-state index contributed by atoms with van der Waals surface area (Å²) >= 11 is 8.26. The predicted molar refractivity (Wildman–Crippen MR) is 85.8 cm³/mol. The largest absolute Gasteiger partial charge is 0.307 e. The van der Waals surface area contributed by atoms with E-state index in [2.05, 4.69) is 32.9 Å². The number of carbonyl (C=O) groups is 1. The van der Waals surface area contributed by atoms with Gasteiger partial charge in [-0.05, 0) is 66.3 Å². The fourth-order valence-electron chi connectivity index (χ4n) is 1.60. The van der Waals surface area contributed by atoms with E-state index in [-0.39, 0.29) is 5.91 Å². The predicted octanol–water partition coefficient (Wildman–Crippen LogP) is 4.21. The number of hydrogen-bond donors (Lipinski definition) is 1. The maximum absolute atomic E-state index is 12.1. The molecule has 3 nitrogen and oxygen atoms in total. The minimum absolute atomic E-state index is 0.252. The highest BCUT2D eigenvalue weighted by Crippen LogP contribution is 2.19. The summed E-state index contributed by atoms with van der Waals surface area (Å²) in [5.74, 6) is 0.276. The van der Waals surface area contributed by atoms with Crippen LogP contribution < -0.4 is 5.32 Å². The van der Waals surface area contributed by atoms with Crippen LogP contribution in [0.1, 0.15) is 21.6 Å². The van der Waals surface area contributed by atoms with Gasteiger partial charge >= 0.3 is 0 Å². The summed E-state index contributed by atoms with van der Waals surface area (Å²) in [7, 11) is 0. The lowest BCUT2D eigenvalue weighted by molar-refractivity contribution is 0.102. The molecule has 1 amide bonds. The molecule has 19 heavy (non-hydrogen) atoms. The number of aryl methyl sites for hydroxylation is 2. The molecule has 1 aromatic heterocycles. The van der Waals surface area contributed by atoms with Gasteiger partial charge in [-0.25, -0.2) is 4.98 Å². The Morgan fingerprint density at radius 3 is 2.63 bits per heavy atom. The van der Waals surface area contributed by atoms with Crippen molar-refractivity contribution in [2.75, 3.05) is 5.32 Å². The molecular formula is C14H12ClIN2O. The number of pyridine rings is 1. The minimum atomic E-state index is -0.252. The molecule has 0 radical (unpaired) electrons. The maximum atomic E-state index is 12.1. The van der Waals surface area contributed by atoms with Gasteiger partial charge in [0.2, 0.25) is 0 Å². The van der Waals surface area contributed by atoms with Gasteiger partial charge in [-0.15, -0.1) is 0 Å². The van der Waals surface area contributed by atoms with Gasteiger partial charge in [0, 0.05) is 3.57 Å². The van der Waals surface area contributed by atoms with E-state index in [0.29, 0.717) is 16.4 Å². The normalized spacial score (nSPS) is 10.3. The van der Waals surface area contributed by atoms with Gasteiger partial charge < -0.3 is 5.32 Å². The van der Waals surface area contributed by atoms with Crippen LogP contribution in [0.15, 0.2) is 30.3 Å². The monoisotopic (exact) mass is 386 g/mol. The van der Waals surface area contributed by atoms with Crippen LogP contribution in [0.3, 0.4) is 0 Å². The lowest BCUT2D eigenvalue weighted by atomic mass is 10.1. The van der Waals surface area contributed by atoms with Gasteiger partial charge in [0.15, 0.2) is 0 Å². The van der Waals surface area contributed by atoms with Crippen LogP contribution in [0.4, 0.5) is 5.82 Å². The van der Waals surface area contributed by atoms with Gasteiger partial charge in [-0.2, -0.15) is 0 Å². The number of nitrogens with zero attached hydrogens (tertiary/aromatic N) is 1. The van der Waals surface area contributed by atoms with Crippen molar-refractivity contribution in [1.29, 1.82) is 0 Å². The van der Waals surface area contributed by atoms with E-state index >= 15 is 0 Å². The zero-order chi connectivity index (χ0) is 14.0. The second-order valence-corrected chi connectivity index (χ2v) is 5.77. The topological polar surface area (TPSA) is 42.0 Å². The SMILES string of the molecule is Cc1ccc(C(=O)Nc2ccc(I)c(C)n2)c(Cl)c1. The highest BCUT2D eigenvalue weighted by molar-refractivity contribution is 14.1. The van der Waals surface area contributed by atoms with E-state index in [0.717, 1.165) is 14.8 Å². The number of hydrogen-bond acceptors (Lipinski definition) is 2. The minimum Gasteiger partial charge on any atom is -0.307 e. The summed E-state index contributed by atoms with van der Waals surface area (Å²) in [6.45, 7) is 3.83. The standard InChI is InChI=1S/C14H12ClIN2O/c1-8-3-4-10(11(15)7-8)14(19)18-13-6-5-12(16)9(2)17-13/h3-7H,1-2H3,(H,17,18,19). The molecule has 0 atom stereocenters. The van der Waals surface area contributed by atoms with Crippen molar-refractivity contribution in [3.8, 4) is 0 Å². The molecule has 1 heterocycles. The maximum Gasteiger partial charge on any atom is 0.258 e. The number of nitrogens with one attached hydrogen (secondary N) is 1. The first-order valence-corrected chi connectivity index (χ1v) is 7.13. The second kappa shape index (κ2) is 5.88. The summed E-state index contributed by atoms with van der Waals surface area (Å²) in [6.07, 6.45) is 0. The smallest absolute Gasteiger partial charge is 0.258 e. The fraction of sp³-hybridized carbons (Fsp3) is 0.143. The summed E-state index contributed by atoms with van der Waals surface area (Å²) in [5, 5.41) is 3.19. The molecule has 0 saturated heterocycles. The van der Waals surface area contributed by atoms with Crippen LogP contribution in [-0.2, 0) is 0 Å². The van der Waals surface area contributed by atoms with Crippen LogP contribution in [0.5, 0.6) is 0 Å². The number of benzene rings is 1. The Bertz CT molecular complexity index is 643. The molecular weight excluding hydrogens is 375 g/mol. The first-order valence-electron chi connectivity index (χ1n) is 5.68. The van der Waals surface area contributed by atoms with Crippen molar-refractivity contribution in [3.05, 3.63) is 55.7 Å². The van der Waals surface area contributed by atoms with Gasteiger partial charge in [-0.3, -0.25) is 4.79 Å². The third-order valence-electron chi connectivity index (χ3n) is 2.63. The van der Waals surface area contributed by atoms with Crippen molar-refractivity contribution in [3.63, 3.8) is 0 Å². The van der Waals surface area contributed by atoms with Crippen LogP contribution in [-0.4, -0.2) is 10.9 Å². The van der Waals surface area contributed by atoms with E-state index in [9.17, 15) is 4.79 Å². The van der Waals surface area contributed by atoms with E-state index in [1.165, 1.54) is 0 Å². The molecule has 0 unspecified atom stereocenters. The van der Waals surface area contributed by atoms with Gasteiger partial charge in [0.25, 0.3) is 5.91 Å². The molecule has 2 aromatic rings. The molecule has 0 aliphatic rings. The van der Waals surface area contributed by atoms with Crippen molar-refractivity contribution >= 4 is 45.9 Å². The molecule has 0 saturated carbocycles. The van der Waals surface area contributed by atoms with E-state index in [1.54, 1.807) is 18.2 Å². The second-order valence-electron chi connectivity index (χ2n) is 4.20. The molecule has 0 fully saturated rings. The molecule has 0 aliphatic heterocycles. The van der Waals surface area contributed by atoms with Crippen LogP contribution in [0.2, 0.25) is 5.02 Å². The zero-order valence-electron chi connectivity index (χ0n) is 10.5. The van der Waals surface area contributed by atoms with Crippen molar-refractivity contribution in [2.45, 2.75) is 13.8 Å². The van der Waals surface area contributed by atoms with Gasteiger partial charge in [-0.1, -0.05) is 17.7 Å². The molecule has 1 N–H and O–H groups in total. The lowest BCUT2D eigenvalue weighted by Gasteiger charge is -2.08. The Balaban J connectivity index is 2.23. The molecule has 2 rings (SSSR count). The average Bonchev–Trinajstić information content (AvgIpc) is 2.33. The van der Waals surface area contributed by atoms with Gasteiger partial charge in [0.05, 0.1) is 16.3 Å². The van der Waals surface area contributed by atoms with Crippen molar-refractivity contribution in [2.24, 2.45) is 0 Å². The number of amides is 1. The Labute approximate surface area is 130 Å². The third kappa shape index (κ3) is 3.45. The van der Waals surface area contributed by atoms with Crippen molar-refractivity contribution in [1.82, 2.24) is 4.98 Å². The molecule has 0 aliphatic carbocycles. The lowest BCUT2D eigenvalue weighted by Crippen LogP contribution is -2.14. The number of aromatic nitrogens is 1. The Morgan fingerprint density at radius 2 is 2.00 bits per heavy atom. The van der Waals surface area contributed by atoms with Crippen LogP contribution >= 0.6 is 34.2 Å². The zero-order valence-corrected chi connectivity index (χ0v) is 13.4. The quantitative estimate of drug-likeness (QED) is 0.786. The molecule has 98 valence electrons. The first kappa shape index (κ1) is 14.3. The summed E-state index contributed by atoms with van der Waals surface area (Å²) < 4.78 is 1.06. The van der Waals surface area contributed by atoms with Crippen molar-refractivity contribution < 1.29 is 4.79 Å². The van der Waals surface area contributed by atoms with E-state index in [4.69, 9.17) is 11.6 Å². The third-order valence-corrected chi connectivity index (χ3v) is 4.09. The number of carbonyl (C=O) groups excluding carboxylic acids is 1. The van der Waals surface area contributed by atoms with Gasteiger partial charge in [0.1, 0.15) is 5.82 Å². The highest BCUT2D eigenvalue weighted by atomic mass is 127. The first-order chi connectivity index (χ1) is 8.97. The number of rotatable bonds is 2. The fourth-order valence-corrected chi connectivity index (χ4v) is 2.22. The molecule has 0 bridgehead atoms.